The minimum atomic E-state index is -0.310. The Balaban J connectivity index is 0.00000176. The average Bonchev–Trinajstić information content (AvgIpc) is 2.80. The highest BCUT2D eigenvalue weighted by Crippen LogP contribution is 2.29. The zero-order valence-electron chi connectivity index (χ0n) is 13.0. The molecule has 1 atom stereocenters. The van der Waals surface area contributed by atoms with E-state index in [9.17, 15) is 5.11 Å². The summed E-state index contributed by atoms with van der Waals surface area (Å²) in [7, 11) is 0. The van der Waals surface area contributed by atoms with Crippen LogP contribution >= 0.6 is 0 Å². The van der Waals surface area contributed by atoms with E-state index in [1.54, 1.807) is 6.92 Å². The first-order valence-electron chi connectivity index (χ1n) is 7.59. The van der Waals surface area contributed by atoms with Crippen molar-refractivity contribution in [3.63, 3.8) is 0 Å². The highest BCUT2D eigenvalue weighted by atomic mass is 35.5. The van der Waals surface area contributed by atoms with Crippen LogP contribution in [0.5, 0.6) is 0 Å². The van der Waals surface area contributed by atoms with Gasteiger partial charge in [-0.05, 0) is 37.6 Å². The first kappa shape index (κ1) is 16.8. The summed E-state index contributed by atoms with van der Waals surface area (Å²) < 4.78 is 2.36. The van der Waals surface area contributed by atoms with Crippen LogP contribution in [0.4, 0.5) is 0 Å². The van der Waals surface area contributed by atoms with Crippen molar-refractivity contribution >= 4 is 21.8 Å². The van der Waals surface area contributed by atoms with E-state index in [1.165, 1.54) is 27.4 Å². The number of hydrogen-bond donors (Lipinski definition) is 2. The fraction of sp³-hybridized carbons (Fsp3) is 0.333. The fourth-order valence-electron chi connectivity index (χ4n) is 2.98. The lowest BCUT2D eigenvalue weighted by molar-refractivity contribution is -0.00000649. The number of nitrogens with one attached hydrogen (secondary N) is 1. The van der Waals surface area contributed by atoms with Gasteiger partial charge in [0.05, 0.1) is 6.10 Å². The number of fused-ring (bicyclic) bond motifs is 3. The van der Waals surface area contributed by atoms with Crippen LogP contribution in [0.1, 0.15) is 19.4 Å². The Kier molecular flexibility index (Phi) is 5.46. The highest BCUT2D eigenvalue weighted by molar-refractivity contribution is 6.08. The molecule has 1 aromatic heterocycles. The molecule has 0 bridgehead atoms. The van der Waals surface area contributed by atoms with Crippen molar-refractivity contribution < 1.29 is 17.5 Å². The Hall–Kier alpha value is -1.55. The second-order valence-electron chi connectivity index (χ2n) is 5.59. The van der Waals surface area contributed by atoms with E-state index < -0.39 is 0 Å². The van der Waals surface area contributed by atoms with Crippen molar-refractivity contribution in [1.29, 1.82) is 0 Å². The maximum atomic E-state index is 9.31. The molecule has 0 aliphatic heterocycles. The Bertz CT molecular complexity index is 764. The number of aryl methyl sites for hydroxylation is 1. The summed E-state index contributed by atoms with van der Waals surface area (Å²) in [5.41, 5.74) is 3.84. The molecule has 22 heavy (non-hydrogen) atoms. The van der Waals surface area contributed by atoms with Gasteiger partial charge in [-0.15, -0.1) is 0 Å². The number of benzene rings is 2. The SMILES string of the molecule is CCn1c2ccccc2c2cc(CNCC(C)O)ccc21.[Cl-]. The zero-order chi connectivity index (χ0) is 14.8. The summed E-state index contributed by atoms with van der Waals surface area (Å²) in [5, 5.41) is 15.2. The van der Waals surface area contributed by atoms with Crippen LogP contribution in [0.3, 0.4) is 0 Å². The van der Waals surface area contributed by atoms with Crippen LogP contribution in [0.15, 0.2) is 42.5 Å². The van der Waals surface area contributed by atoms with Gasteiger partial charge in [-0.25, -0.2) is 0 Å². The molecule has 0 aliphatic rings. The highest BCUT2D eigenvalue weighted by Gasteiger charge is 2.09. The average molecular weight is 318 g/mol. The summed E-state index contributed by atoms with van der Waals surface area (Å²) in [6.45, 7) is 6.36. The van der Waals surface area contributed by atoms with Crippen LogP contribution in [0, 0.1) is 0 Å². The van der Waals surface area contributed by atoms with Crippen LogP contribution < -0.4 is 17.7 Å². The van der Waals surface area contributed by atoms with Crippen molar-refractivity contribution in [3.05, 3.63) is 48.0 Å². The minimum absolute atomic E-state index is 0. The predicted octanol–water partition coefficient (Wildman–Crippen LogP) is 0.289. The molecule has 0 radical (unpaired) electrons. The van der Waals surface area contributed by atoms with E-state index in [-0.39, 0.29) is 18.5 Å². The molecule has 4 heteroatoms. The normalized spacial score (nSPS) is 12.5. The van der Waals surface area contributed by atoms with E-state index >= 15 is 0 Å². The number of aromatic nitrogens is 1. The zero-order valence-corrected chi connectivity index (χ0v) is 13.8. The Morgan fingerprint density at radius 2 is 1.82 bits per heavy atom. The lowest BCUT2D eigenvalue weighted by Gasteiger charge is -2.07. The van der Waals surface area contributed by atoms with Crippen LogP contribution in [0.2, 0.25) is 0 Å². The largest absolute Gasteiger partial charge is 1.00 e. The fourth-order valence-corrected chi connectivity index (χ4v) is 2.98. The quantitative estimate of drug-likeness (QED) is 0.710. The van der Waals surface area contributed by atoms with Crippen molar-refractivity contribution in [2.75, 3.05) is 6.54 Å². The molecule has 118 valence electrons. The molecule has 3 nitrogen and oxygen atoms in total. The van der Waals surface area contributed by atoms with Gasteiger partial charge < -0.3 is 27.4 Å². The molecule has 0 aliphatic carbocycles. The standard InChI is InChI=1S/C18H22N2O.ClH/c1-3-20-17-7-5-4-6-15(17)16-10-14(8-9-18(16)20)12-19-11-13(2)21;/h4-10,13,19,21H,3,11-12H2,1-2H3;1H/p-1. The first-order valence-corrected chi connectivity index (χ1v) is 7.59. The first-order chi connectivity index (χ1) is 10.2. The van der Waals surface area contributed by atoms with Gasteiger partial charge >= 0.3 is 0 Å². The molecule has 0 saturated heterocycles. The Morgan fingerprint density at radius 3 is 2.55 bits per heavy atom. The second-order valence-corrected chi connectivity index (χ2v) is 5.59. The number of nitrogens with zero attached hydrogens (tertiary/aromatic N) is 1. The summed E-state index contributed by atoms with van der Waals surface area (Å²) in [4.78, 5) is 0. The topological polar surface area (TPSA) is 37.2 Å². The van der Waals surface area contributed by atoms with E-state index in [2.05, 4.69) is 59.3 Å². The third-order valence-corrected chi connectivity index (χ3v) is 3.92. The Morgan fingerprint density at radius 1 is 1.09 bits per heavy atom. The van der Waals surface area contributed by atoms with E-state index in [0.717, 1.165) is 13.1 Å². The number of hydrogen-bond acceptors (Lipinski definition) is 2. The van der Waals surface area contributed by atoms with Gasteiger partial charge in [0.1, 0.15) is 0 Å². The molecule has 2 aromatic carbocycles. The van der Waals surface area contributed by atoms with Crippen LogP contribution in [-0.4, -0.2) is 22.3 Å². The van der Waals surface area contributed by atoms with Gasteiger partial charge in [-0.3, -0.25) is 0 Å². The van der Waals surface area contributed by atoms with Gasteiger partial charge in [0.2, 0.25) is 0 Å². The maximum absolute atomic E-state index is 9.31. The molecule has 1 unspecified atom stereocenters. The molecule has 0 spiro atoms. The van der Waals surface area contributed by atoms with Gasteiger partial charge in [0, 0.05) is 41.4 Å². The van der Waals surface area contributed by atoms with Crippen molar-refractivity contribution in [2.24, 2.45) is 0 Å². The summed E-state index contributed by atoms with van der Waals surface area (Å²) in [5.74, 6) is 0. The minimum Gasteiger partial charge on any atom is -1.00 e. The van der Waals surface area contributed by atoms with Crippen LogP contribution in [0.25, 0.3) is 21.8 Å². The monoisotopic (exact) mass is 317 g/mol. The third-order valence-electron chi connectivity index (χ3n) is 3.92. The molecule has 0 fully saturated rings. The van der Waals surface area contributed by atoms with Gasteiger partial charge in [-0.2, -0.15) is 0 Å². The number of para-hydroxylation sites is 1. The number of aliphatic hydroxyl groups excluding tert-OH is 1. The van der Waals surface area contributed by atoms with Gasteiger partial charge in [0.25, 0.3) is 0 Å². The summed E-state index contributed by atoms with van der Waals surface area (Å²) >= 11 is 0. The van der Waals surface area contributed by atoms with E-state index in [1.807, 2.05) is 0 Å². The molecule has 3 rings (SSSR count). The lowest BCUT2D eigenvalue weighted by Crippen LogP contribution is -3.00. The van der Waals surface area contributed by atoms with E-state index in [0.29, 0.717) is 6.54 Å². The molecular weight excluding hydrogens is 296 g/mol. The molecule has 0 amide bonds. The van der Waals surface area contributed by atoms with E-state index in [4.69, 9.17) is 0 Å². The maximum Gasteiger partial charge on any atom is 0.0636 e. The van der Waals surface area contributed by atoms with Gasteiger partial charge in [-0.1, -0.05) is 24.3 Å². The third kappa shape index (κ3) is 3.12. The number of halogens is 1. The molecule has 0 saturated carbocycles. The molecule has 3 aromatic rings. The van der Waals surface area contributed by atoms with Crippen molar-refractivity contribution in [2.45, 2.75) is 33.0 Å². The second kappa shape index (κ2) is 7.14. The summed E-state index contributed by atoms with van der Waals surface area (Å²) in [6, 6.07) is 15.2. The molecular formula is C18H22ClN2O-. The number of rotatable bonds is 5. The van der Waals surface area contributed by atoms with Crippen molar-refractivity contribution in [3.8, 4) is 0 Å². The van der Waals surface area contributed by atoms with Crippen LogP contribution in [-0.2, 0) is 13.1 Å². The summed E-state index contributed by atoms with van der Waals surface area (Å²) in [6.07, 6.45) is -0.310. The smallest absolute Gasteiger partial charge is 0.0636 e. The lowest BCUT2D eigenvalue weighted by atomic mass is 10.1. The predicted molar refractivity (Wildman–Crippen MR) is 88.5 cm³/mol. The molecule has 2 N–H and O–H groups in total. The van der Waals surface area contributed by atoms with Crippen molar-refractivity contribution in [1.82, 2.24) is 9.88 Å². The molecule has 1 heterocycles. The number of aliphatic hydroxyl groups is 1. The van der Waals surface area contributed by atoms with Gasteiger partial charge in [0.15, 0.2) is 0 Å². The Labute approximate surface area is 137 Å².